The first-order chi connectivity index (χ1) is 21.3. The third-order valence-corrected chi connectivity index (χ3v) is 6.44. The summed E-state index contributed by atoms with van der Waals surface area (Å²) in [6.45, 7) is 4.74. The van der Waals surface area contributed by atoms with E-state index in [0.717, 1.165) is 0 Å². The molecule has 0 unspecified atom stereocenters. The summed E-state index contributed by atoms with van der Waals surface area (Å²) in [5, 5.41) is 27.2. The van der Waals surface area contributed by atoms with Crippen LogP contribution in [-0.4, -0.2) is 154 Å². The van der Waals surface area contributed by atoms with Crippen molar-refractivity contribution in [2.24, 2.45) is 5.11 Å². The molecule has 0 radical (unpaired) electrons. The number of rotatable bonds is 20. The van der Waals surface area contributed by atoms with Gasteiger partial charge in [-0.25, -0.2) is 0 Å². The molecule has 0 spiro atoms. The van der Waals surface area contributed by atoms with Crippen molar-refractivity contribution in [3.8, 4) is 0 Å². The molecular formula is C27H42N8O9. The Kier molecular flexibility index (Phi) is 18.0. The molecule has 0 aliphatic carbocycles. The molecular weight excluding hydrogens is 580 g/mol. The quantitative estimate of drug-likeness (QED) is 0.0495. The van der Waals surface area contributed by atoms with Crippen LogP contribution in [0.4, 0.5) is 5.69 Å². The molecule has 244 valence electrons. The Morgan fingerprint density at radius 1 is 0.750 bits per heavy atom. The predicted molar refractivity (Wildman–Crippen MR) is 157 cm³/mol. The van der Waals surface area contributed by atoms with Crippen LogP contribution < -0.4 is 10.6 Å². The maximum Gasteiger partial charge on any atom is 0.317 e. The van der Waals surface area contributed by atoms with E-state index in [1.165, 1.54) is 0 Å². The summed E-state index contributed by atoms with van der Waals surface area (Å²) >= 11 is 0. The second-order valence-electron chi connectivity index (χ2n) is 9.84. The lowest BCUT2D eigenvalue weighted by atomic mass is 10.2. The van der Waals surface area contributed by atoms with Gasteiger partial charge in [0.2, 0.25) is 5.91 Å². The smallest absolute Gasteiger partial charge is 0.317 e. The van der Waals surface area contributed by atoms with Crippen molar-refractivity contribution in [3.05, 3.63) is 40.3 Å². The number of aliphatic carboxylic acids is 2. The van der Waals surface area contributed by atoms with Gasteiger partial charge in [-0.2, -0.15) is 0 Å². The van der Waals surface area contributed by atoms with E-state index < -0.39 is 11.9 Å². The normalized spacial score (nSPS) is 14.9. The maximum absolute atomic E-state index is 12.4. The highest BCUT2D eigenvalue weighted by Gasteiger charge is 2.20. The Bertz CT molecular complexity index is 1060. The van der Waals surface area contributed by atoms with Gasteiger partial charge >= 0.3 is 11.9 Å². The standard InChI is InChI=1S/C27H42N8O9/c28-32-31-23-4-2-22(3-5-23)27(41)29-6-1-13-42-14-15-43-16-17-44-21-30-24(36)18-33-7-9-34(19-25(37)38)11-12-35(10-8-33)20-26(39)40/h2-5H,1,6-21H2,(H,29,41)(H,30,36)(H,37,38)(H,39,40). The zero-order valence-corrected chi connectivity index (χ0v) is 24.8. The lowest BCUT2D eigenvalue weighted by Gasteiger charge is -2.24. The average molecular weight is 623 g/mol. The van der Waals surface area contributed by atoms with Gasteiger partial charge < -0.3 is 35.1 Å². The molecule has 1 saturated heterocycles. The Hall–Kier alpha value is -3.83. The number of benzene rings is 1. The van der Waals surface area contributed by atoms with E-state index in [1.807, 2.05) is 4.90 Å². The van der Waals surface area contributed by atoms with Gasteiger partial charge in [-0.1, -0.05) is 17.2 Å². The molecule has 0 aromatic heterocycles. The van der Waals surface area contributed by atoms with Gasteiger partial charge in [-0.3, -0.25) is 33.9 Å². The van der Waals surface area contributed by atoms with E-state index in [0.29, 0.717) is 89.9 Å². The SMILES string of the molecule is [N-]=[N+]=Nc1ccc(C(=O)NCCCOCCOCCOCNC(=O)CN2CCN(CC(=O)O)CCN(CC(=O)O)CC2)cc1. The monoisotopic (exact) mass is 622 g/mol. The van der Waals surface area contributed by atoms with Gasteiger partial charge in [0.1, 0.15) is 6.73 Å². The predicted octanol–water partition coefficient (Wildman–Crippen LogP) is -0.0394. The number of nitrogens with zero attached hydrogens (tertiary/aromatic N) is 6. The first kappa shape index (κ1) is 36.4. The minimum atomic E-state index is -0.959. The number of carbonyl (C=O) groups excluding carboxylic acids is 2. The van der Waals surface area contributed by atoms with Crippen molar-refractivity contribution in [3.63, 3.8) is 0 Å². The van der Waals surface area contributed by atoms with Crippen LogP contribution in [0.1, 0.15) is 16.8 Å². The van der Waals surface area contributed by atoms with Crippen molar-refractivity contribution in [1.29, 1.82) is 0 Å². The molecule has 1 aliphatic rings. The molecule has 44 heavy (non-hydrogen) atoms. The Morgan fingerprint density at radius 3 is 1.77 bits per heavy atom. The van der Waals surface area contributed by atoms with Crippen LogP contribution in [0, 0.1) is 0 Å². The zero-order chi connectivity index (χ0) is 32.0. The van der Waals surface area contributed by atoms with Crippen molar-refractivity contribution in [2.45, 2.75) is 6.42 Å². The molecule has 1 aromatic rings. The lowest BCUT2D eigenvalue weighted by molar-refractivity contribution is -0.140. The van der Waals surface area contributed by atoms with E-state index in [9.17, 15) is 19.2 Å². The van der Waals surface area contributed by atoms with Crippen LogP contribution in [0.5, 0.6) is 0 Å². The molecule has 1 aromatic carbocycles. The fourth-order valence-corrected chi connectivity index (χ4v) is 4.15. The summed E-state index contributed by atoms with van der Waals surface area (Å²) in [6.07, 6.45) is 0.629. The van der Waals surface area contributed by atoms with E-state index in [1.54, 1.807) is 34.1 Å². The number of amides is 2. The van der Waals surface area contributed by atoms with Gasteiger partial charge in [0.15, 0.2) is 0 Å². The lowest BCUT2D eigenvalue weighted by Crippen LogP contribution is -2.43. The fraction of sp³-hybridized carbons (Fsp3) is 0.630. The Morgan fingerprint density at radius 2 is 1.25 bits per heavy atom. The van der Waals surface area contributed by atoms with E-state index >= 15 is 0 Å². The number of azide groups is 1. The molecule has 2 amide bonds. The molecule has 1 aliphatic heterocycles. The van der Waals surface area contributed by atoms with E-state index in [2.05, 4.69) is 20.7 Å². The maximum atomic E-state index is 12.4. The topological polar surface area (TPSA) is 219 Å². The van der Waals surface area contributed by atoms with Crippen molar-refractivity contribution < 1.29 is 43.6 Å². The van der Waals surface area contributed by atoms with Crippen LogP contribution in [0.15, 0.2) is 29.4 Å². The van der Waals surface area contributed by atoms with Crippen LogP contribution >= 0.6 is 0 Å². The molecule has 2 rings (SSSR count). The highest BCUT2D eigenvalue weighted by molar-refractivity contribution is 5.94. The number of carboxylic acids is 2. The molecule has 1 heterocycles. The Balaban J connectivity index is 1.49. The average Bonchev–Trinajstić information content (AvgIpc) is 3.06. The van der Waals surface area contributed by atoms with E-state index in [4.69, 9.17) is 30.0 Å². The van der Waals surface area contributed by atoms with Crippen LogP contribution in [-0.2, 0) is 28.6 Å². The van der Waals surface area contributed by atoms with Crippen molar-refractivity contribution in [2.75, 3.05) is 105 Å². The zero-order valence-electron chi connectivity index (χ0n) is 24.8. The van der Waals surface area contributed by atoms with Gasteiger partial charge in [-0.15, -0.1) is 0 Å². The molecule has 0 atom stereocenters. The second-order valence-corrected chi connectivity index (χ2v) is 9.84. The highest BCUT2D eigenvalue weighted by Crippen LogP contribution is 2.13. The summed E-state index contributed by atoms with van der Waals surface area (Å²) in [7, 11) is 0. The number of carboxylic acid groups (broad SMARTS) is 2. The molecule has 0 saturated carbocycles. The molecule has 4 N–H and O–H groups in total. The van der Waals surface area contributed by atoms with Crippen LogP contribution in [0.2, 0.25) is 0 Å². The summed E-state index contributed by atoms with van der Waals surface area (Å²) in [5.74, 6) is -2.40. The van der Waals surface area contributed by atoms with Gasteiger partial charge in [0.25, 0.3) is 5.91 Å². The first-order valence-electron chi connectivity index (χ1n) is 14.3. The third-order valence-electron chi connectivity index (χ3n) is 6.44. The van der Waals surface area contributed by atoms with Crippen molar-refractivity contribution >= 4 is 29.4 Å². The number of hydrogen-bond donors (Lipinski definition) is 4. The fourth-order valence-electron chi connectivity index (χ4n) is 4.15. The second kappa shape index (κ2) is 21.8. The number of nitrogens with one attached hydrogen (secondary N) is 2. The highest BCUT2D eigenvalue weighted by atomic mass is 16.5. The van der Waals surface area contributed by atoms with E-state index in [-0.39, 0.29) is 44.8 Å². The van der Waals surface area contributed by atoms with Gasteiger partial charge in [-0.05, 0) is 24.1 Å². The number of ether oxygens (including phenoxy) is 3. The minimum Gasteiger partial charge on any atom is -0.480 e. The van der Waals surface area contributed by atoms with Gasteiger partial charge in [0.05, 0.1) is 46.1 Å². The summed E-state index contributed by atoms with van der Waals surface area (Å²) < 4.78 is 16.3. The van der Waals surface area contributed by atoms with Gasteiger partial charge in [0, 0.05) is 68.6 Å². The summed E-state index contributed by atoms with van der Waals surface area (Å²) in [5.41, 5.74) is 9.32. The molecule has 1 fully saturated rings. The molecule has 0 bridgehead atoms. The van der Waals surface area contributed by atoms with Crippen LogP contribution in [0.25, 0.3) is 10.4 Å². The van der Waals surface area contributed by atoms with Crippen molar-refractivity contribution in [1.82, 2.24) is 25.3 Å². The largest absolute Gasteiger partial charge is 0.480 e. The summed E-state index contributed by atoms with van der Waals surface area (Å²) in [4.78, 5) is 54.9. The Labute approximate surface area is 255 Å². The molecule has 17 heteroatoms. The third kappa shape index (κ3) is 16.7. The number of carbonyl (C=O) groups is 4. The number of hydrogen-bond acceptors (Lipinski definition) is 11. The molecule has 17 nitrogen and oxygen atoms in total. The van der Waals surface area contributed by atoms with Crippen LogP contribution in [0.3, 0.4) is 0 Å². The first-order valence-corrected chi connectivity index (χ1v) is 14.3. The minimum absolute atomic E-state index is 0.00643. The summed E-state index contributed by atoms with van der Waals surface area (Å²) in [6, 6.07) is 6.31.